The Morgan fingerprint density at radius 3 is 2.40 bits per heavy atom. The van der Waals surface area contributed by atoms with E-state index in [1.54, 1.807) is 19.1 Å². The average Bonchev–Trinajstić information content (AvgIpc) is 3.26. The lowest BCUT2D eigenvalue weighted by atomic mass is 9.85. The molecule has 1 saturated heterocycles. The molecule has 186 valence electrons. The fraction of sp³-hybridized carbons (Fsp3) is 0.360. The molecule has 9 nitrogen and oxygen atoms in total. The van der Waals surface area contributed by atoms with Gasteiger partial charge in [-0.2, -0.15) is 0 Å². The van der Waals surface area contributed by atoms with Crippen LogP contribution in [0.4, 0.5) is 0 Å². The molecule has 0 radical (unpaired) electrons. The van der Waals surface area contributed by atoms with Crippen LogP contribution in [0.5, 0.6) is 0 Å². The first kappa shape index (κ1) is 26.4. The van der Waals surface area contributed by atoms with Crippen LogP contribution in [0.15, 0.2) is 59.1 Å². The third kappa shape index (κ3) is 6.89. The van der Waals surface area contributed by atoms with Crippen LogP contribution in [-0.4, -0.2) is 48.4 Å². The van der Waals surface area contributed by atoms with Gasteiger partial charge in [0.15, 0.2) is 5.54 Å². The third-order valence-electron chi connectivity index (χ3n) is 5.72. The summed E-state index contributed by atoms with van der Waals surface area (Å²) in [6.07, 6.45) is -0.583. The second-order valence-corrected chi connectivity index (χ2v) is 9.30. The largest absolute Gasteiger partial charge is 0.370 e. The number of carbonyl (C=O) groups excluding carboxylic acids is 4. The Labute approximate surface area is 212 Å². The molecule has 1 aliphatic heterocycles. The SMILES string of the molecule is CC(=O)NCC(=O)N[C@@]1(C(=O)N[C@@H](C)C(=O)NCc2ccccc2)CCO[C@@H]1c1ccc(Br)cc1. The van der Waals surface area contributed by atoms with E-state index in [2.05, 4.69) is 37.2 Å². The molecule has 1 heterocycles. The van der Waals surface area contributed by atoms with Crippen molar-refractivity contribution in [2.45, 2.75) is 44.5 Å². The van der Waals surface area contributed by atoms with Crippen LogP contribution in [0, 0.1) is 0 Å². The van der Waals surface area contributed by atoms with Gasteiger partial charge in [0.2, 0.25) is 23.6 Å². The number of carbonyl (C=O) groups is 4. The summed E-state index contributed by atoms with van der Waals surface area (Å²) in [4.78, 5) is 50.2. The molecule has 0 unspecified atom stereocenters. The maximum absolute atomic E-state index is 13.6. The number of halogens is 1. The highest BCUT2D eigenvalue weighted by Gasteiger charge is 2.52. The summed E-state index contributed by atoms with van der Waals surface area (Å²) in [5, 5.41) is 10.8. The van der Waals surface area contributed by atoms with Crippen molar-refractivity contribution < 1.29 is 23.9 Å². The predicted octanol–water partition coefficient (Wildman–Crippen LogP) is 1.72. The molecule has 2 aromatic carbocycles. The van der Waals surface area contributed by atoms with Crippen LogP contribution in [0.1, 0.15) is 37.5 Å². The van der Waals surface area contributed by atoms with Crippen molar-refractivity contribution in [3.05, 3.63) is 70.2 Å². The molecule has 35 heavy (non-hydrogen) atoms. The van der Waals surface area contributed by atoms with Crippen LogP contribution in [0.3, 0.4) is 0 Å². The topological polar surface area (TPSA) is 126 Å². The van der Waals surface area contributed by atoms with Crippen LogP contribution in [0.25, 0.3) is 0 Å². The normalized spacial score (nSPS) is 19.9. The maximum Gasteiger partial charge on any atom is 0.249 e. The molecule has 4 N–H and O–H groups in total. The van der Waals surface area contributed by atoms with Crippen LogP contribution in [-0.2, 0) is 30.5 Å². The summed E-state index contributed by atoms with van der Waals surface area (Å²) in [6, 6.07) is 15.8. The Morgan fingerprint density at radius 1 is 1.06 bits per heavy atom. The first-order valence-electron chi connectivity index (χ1n) is 11.3. The summed E-state index contributed by atoms with van der Waals surface area (Å²) in [5.41, 5.74) is 0.166. The number of ether oxygens (including phenoxy) is 1. The molecule has 3 rings (SSSR count). The maximum atomic E-state index is 13.6. The van der Waals surface area contributed by atoms with Crippen LogP contribution in [0.2, 0.25) is 0 Å². The monoisotopic (exact) mass is 544 g/mol. The number of hydrogen-bond donors (Lipinski definition) is 4. The number of hydrogen-bond acceptors (Lipinski definition) is 5. The summed E-state index contributed by atoms with van der Waals surface area (Å²) in [6.45, 7) is 3.14. The summed E-state index contributed by atoms with van der Waals surface area (Å²) in [7, 11) is 0. The van der Waals surface area contributed by atoms with E-state index in [0.717, 1.165) is 10.0 Å². The van der Waals surface area contributed by atoms with E-state index in [1.165, 1.54) is 6.92 Å². The lowest BCUT2D eigenvalue weighted by molar-refractivity contribution is -0.138. The van der Waals surface area contributed by atoms with Gasteiger partial charge in [0.05, 0.1) is 13.2 Å². The first-order chi connectivity index (χ1) is 16.7. The standard InChI is InChI=1S/C25H29BrN4O5/c1-16(23(33)28-14-18-6-4-3-5-7-18)29-24(34)25(30-21(32)15-27-17(2)31)12-13-35-22(25)19-8-10-20(26)11-9-19/h3-11,16,22H,12-15H2,1-2H3,(H,27,31)(H,28,33)(H,29,34)(H,30,32)/t16-,22+,25-/m0/s1. The molecule has 0 spiro atoms. The highest BCUT2D eigenvalue weighted by molar-refractivity contribution is 9.10. The second-order valence-electron chi connectivity index (χ2n) is 8.38. The zero-order valence-corrected chi connectivity index (χ0v) is 21.2. The molecule has 3 atom stereocenters. The lowest BCUT2D eigenvalue weighted by Gasteiger charge is -2.34. The van der Waals surface area contributed by atoms with Crippen molar-refractivity contribution >= 4 is 39.6 Å². The van der Waals surface area contributed by atoms with Crippen LogP contribution >= 0.6 is 15.9 Å². The van der Waals surface area contributed by atoms with Crippen molar-refractivity contribution in [1.29, 1.82) is 0 Å². The van der Waals surface area contributed by atoms with Gasteiger partial charge in [-0.15, -0.1) is 0 Å². The molecule has 0 aromatic heterocycles. The van der Waals surface area contributed by atoms with Crippen molar-refractivity contribution in [2.75, 3.05) is 13.2 Å². The Balaban J connectivity index is 1.77. The lowest BCUT2D eigenvalue weighted by Crippen LogP contribution is -2.63. The average molecular weight is 545 g/mol. The van der Waals surface area contributed by atoms with Gasteiger partial charge in [0, 0.05) is 24.4 Å². The van der Waals surface area contributed by atoms with Gasteiger partial charge in [-0.05, 0) is 30.2 Å². The summed E-state index contributed by atoms with van der Waals surface area (Å²) < 4.78 is 6.77. The fourth-order valence-electron chi connectivity index (χ4n) is 3.87. The van der Waals surface area contributed by atoms with E-state index >= 15 is 0 Å². The highest BCUT2D eigenvalue weighted by Crippen LogP contribution is 2.39. The Morgan fingerprint density at radius 2 is 1.74 bits per heavy atom. The number of rotatable bonds is 9. The molecule has 4 amide bonds. The third-order valence-corrected chi connectivity index (χ3v) is 6.25. The van der Waals surface area contributed by atoms with Crippen LogP contribution < -0.4 is 21.3 Å². The van der Waals surface area contributed by atoms with Gasteiger partial charge in [0.1, 0.15) is 12.1 Å². The van der Waals surface area contributed by atoms with Gasteiger partial charge in [-0.1, -0.05) is 58.4 Å². The molecule has 2 aromatic rings. The van der Waals surface area contributed by atoms with Gasteiger partial charge >= 0.3 is 0 Å². The predicted molar refractivity (Wildman–Crippen MR) is 133 cm³/mol. The van der Waals surface area contributed by atoms with E-state index in [4.69, 9.17) is 4.74 Å². The van der Waals surface area contributed by atoms with E-state index in [1.807, 2.05) is 42.5 Å². The molecule has 0 saturated carbocycles. The Hall–Kier alpha value is -3.24. The molecular weight excluding hydrogens is 516 g/mol. The van der Waals surface area contributed by atoms with E-state index in [-0.39, 0.29) is 31.4 Å². The quantitative estimate of drug-likeness (QED) is 0.382. The van der Waals surface area contributed by atoms with Crippen molar-refractivity contribution in [2.24, 2.45) is 0 Å². The number of nitrogens with one attached hydrogen (secondary N) is 4. The van der Waals surface area contributed by atoms with E-state index < -0.39 is 29.5 Å². The van der Waals surface area contributed by atoms with Crippen molar-refractivity contribution in [1.82, 2.24) is 21.3 Å². The highest BCUT2D eigenvalue weighted by atomic mass is 79.9. The Bertz CT molecular complexity index is 1060. The Kier molecular flexibility index (Phi) is 9.00. The van der Waals surface area contributed by atoms with Crippen molar-refractivity contribution in [3.63, 3.8) is 0 Å². The first-order valence-corrected chi connectivity index (χ1v) is 12.1. The number of amides is 4. The molecular formula is C25H29BrN4O5. The second kappa shape index (κ2) is 11.9. The van der Waals surface area contributed by atoms with Gasteiger partial charge in [0.25, 0.3) is 0 Å². The minimum Gasteiger partial charge on any atom is -0.370 e. The fourth-order valence-corrected chi connectivity index (χ4v) is 4.14. The molecule has 1 fully saturated rings. The zero-order chi connectivity index (χ0) is 25.4. The molecule has 0 aliphatic carbocycles. The molecule has 0 bridgehead atoms. The molecule has 10 heteroatoms. The van der Waals surface area contributed by atoms with Gasteiger partial charge < -0.3 is 26.0 Å². The molecule has 1 aliphatic rings. The summed E-state index contributed by atoms with van der Waals surface area (Å²) >= 11 is 3.39. The van der Waals surface area contributed by atoms with E-state index in [9.17, 15) is 19.2 Å². The van der Waals surface area contributed by atoms with E-state index in [0.29, 0.717) is 12.1 Å². The smallest absolute Gasteiger partial charge is 0.249 e. The van der Waals surface area contributed by atoms with Gasteiger partial charge in [-0.3, -0.25) is 19.2 Å². The minimum absolute atomic E-state index is 0.198. The van der Waals surface area contributed by atoms with Crippen molar-refractivity contribution in [3.8, 4) is 0 Å². The van der Waals surface area contributed by atoms with Gasteiger partial charge in [-0.25, -0.2) is 0 Å². The minimum atomic E-state index is -1.46. The summed E-state index contributed by atoms with van der Waals surface area (Å²) in [5.74, 6) is -1.80. The zero-order valence-electron chi connectivity index (χ0n) is 19.6. The number of benzene rings is 2.